The molecule has 0 fully saturated rings. The highest BCUT2D eigenvalue weighted by atomic mass is 32.1. The summed E-state index contributed by atoms with van der Waals surface area (Å²) in [5.41, 5.74) is 0.141. The summed E-state index contributed by atoms with van der Waals surface area (Å²) in [4.78, 5) is 28.1. The van der Waals surface area contributed by atoms with Gasteiger partial charge in [-0.1, -0.05) is 6.92 Å². The van der Waals surface area contributed by atoms with Crippen molar-refractivity contribution < 1.29 is 4.79 Å². The van der Waals surface area contributed by atoms with Gasteiger partial charge in [-0.2, -0.15) is 0 Å². The molecule has 0 saturated heterocycles. The Kier molecular flexibility index (Phi) is 3.93. The molecule has 0 bridgehead atoms. The van der Waals surface area contributed by atoms with Gasteiger partial charge in [0.05, 0.1) is 12.7 Å². The van der Waals surface area contributed by atoms with Crippen LogP contribution in [0.5, 0.6) is 0 Å². The number of thiazole rings is 1. The van der Waals surface area contributed by atoms with Crippen LogP contribution in [-0.4, -0.2) is 28.4 Å². The van der Waals surface area contributed by atoms with Crippen molar-refractivity contribution in [3.63, 3.8) is 0 Å². The van der Waals surface area contributed by atoms with E-state index < -0.39 is 0 Å². The minimum absolute atomic E-state index is 0.0765. The first-order valence-corrected chi connectivity index (χ1v) is 6.55. The number of hydrogen-bond donors (Lipinski definition) is 2. The van der Waals surface area contributed by atoms with Crippen molar-refractivity contribution in [1.29, 1.82) is 0 Å². The topological polar surface area (TPSA) is 75.5 Å². The van der Waals surface area contributed by atoms with Crippen molar-refractivity contribution >= 4 is 27.9 Å². The zero-order valence-electron chi connectivity index (χ0n) is 9.97. The third-order valence-electron chi connectivity index (χ3n) is 2.35. The summed E-state index contributed by atoms with van der Waals surface area (Å²) < 4.78 is 1.46. The fourth-order valence-corrected chi connectivity index (χ4v) is 2.12. The lowest BCUT2D eigenvalue weighted by Gasteiger charge is -2.06. The van der Waals surface area contributed by atoms with Crippen LogP contribution in [0, 0.1) is 0 Å². The summed E-state index contributed by atoms with van der Waals surface area (Å²) in [6.45, 7) is 2.70. The van der Waals surface area contributed by atoms with Crippen LogP contribution in [0.3, 0.4) is 0 Å². The van der Waals surface area contributed by atoms with Crippen LogP contribution in [-0.2, 0) is 4.79 Å². The smallest absolute Gasteiger partial charge is 0.281 e. The molecule has 0 unspecified atom stereocenters. The number of carbonyl (C=O) groups excluding carboxylic acids is 1. The molecule has 96 valence electrons. The van der Waals surface area contributed by atoms with Crippen molar-refractivity contribution in [2.75, 3.05) is 18.4 Å². The number of hydrogen-bond acceptors (Lipinski definition) is 5. The normalized spacial score (nSPS) is 10.5. The van der Waals surface area contributed by atoms with E-state index >= 15 is 0 Å². The molecule has 2 rings (SSSR count). The van der Waals surface area contributed by atoms with Crippen LogP contribution in [0.25, 0.3) is 4.96 Å². The Morgan fingerprint density at radius 2 is 2.39 bits per heavy atom. The van der Waals surface area contributed by atoms with E-state index in [0.29, 0.717) is 17.2 Å². The minimum atomic E-state index is -0.190. The van der Waals surface area contributed by atoms with Crippen LogP contribution in [0.15, 0.2) is 22.6 Å². The lowest BCUT2D eigenvalue weighted by molar-refractivity contribution is -0.119. The first-order chi connectivity index (χ1) is 8.72. The number of aromatic nitrogens is 2. The third kappa shape index (κ3) is 2.67. The van der Waals surface area contributed by atoms with Gasteiger partial charge in [0.15, 0.2) is 4.96 Å². The van der Waals surface area contributed by atoms with Gasteiger partial charge >= 0.3 is 0 Å². The van der Waals surface area contributed by atoms with E-state index in [1.807, 2.05) is 6.92 Å². The molecule has 7 heteroatoms. The van der Waals surface area contributed by atoms with Gasteiger partial charge in [0, 0.05) is 18.1 Å². The number of nitrogens with zero attached hydrogens (tertiary/aromatic N) is 2. The van der Waals surface area contributed by atoms with Gasteiger partial charge in [-0.05, 0) is 6.42 Å². The highest BCUT2D eigenvalue weighted by Crippen LogP contribution is 2.07. The van der Waals surface area contributed by atoms with E-state index in [1.165, 1.54) is 21.9 Å². The van der Waals surface area contributed by atoms with Crippen molar-refractivity contribution in [1.82, 2.24) is 14.7 Å². The number of carbonyl (C=O) groups is 1. The van der Waals surface area contributed by atoms with Crippen molar-refractivity contribution in [3.05, 3.63) is 28.1 Å². The Balaban J connectivity index is 2.06. The fourth-order valence-electron chi connectivity index (χ4n) is 1.45. The lowest BCUT2D eigenvalue weighted by atomic mass is 10.4. The van der Waals surface area contributed by atoms with Crippen LogP contribution in [0.1, 0.15) is 13.3 Å². The maximum absolute atomic E-state index is 12.0. The molecule has 18 heavy (non-hydrogen) atoms. The SMILES string of the molecule is CCCNC(=O)CNc1cnc2sccn2c1=O. The molecule has 0 radical (unpaired) electrons. The Hall–Kier alpha value is -1.89. The highest BCUT2D eigenvalue weighted by molar-refractivity contribution is 7.15. The molecule has 6 nitrogen and oxygen atoms in total. The van der Waals surface area contributed by atoms with Crippen molar-refractivity contribution in [2.45, 2.75) is 13.3 Å². The number of nitrogens with one attached hydrogen (secondary N) is 2. The predicted molar refractivity (Wildman–Crippen MR) is 71.1 cm³/mol. The van der Waals surface area contributed by atoms with Gasteiger partial charge in [0.1, 0.15) is 5.69 Å². The van der Waals surface area contributed by atoms with E-state index in [1.54, 1.807) is 11.6 Å². The Labute approximate surface area is 108 Å². The molecular formula is C11H14N4O2S. The largest absolute Gasteiger partial charge is 0.370 e. The molecule has 0 spiro atoms. The van der Waals surface area contributed by atoms with E-state index in [4.69, 9.17) is 0 Å². The second kappa shape index (κ2) is 5.63. The predicted octanol–water partition coefficient (Wildman–Crippen LogP) is 0.694. The molecule has 2 heterocycles. The number of rotatable bonds is 5. The minimum Gasteiger partial charge on any atom is -0.370 e. The molecule has 1 amide bonds. The van der Waals surface area contributed by atoms with Gasteiger partial charge < -0.3 is 10.6 Å². The van der Waals surface area contributed by atoms with Gasteiger partial charge in [0.2, 0.25) is 5.91 Å². The van der Waals surface area contributed by atoms with Crippen LogP contribution in [0.2, 0.25) is 0 Å². The molecule has 2 N–H and O–H groups in total. The summed E-state index contributed by atoms with van der Waals surface area (Å²) in [6, 6.07) is 0. The first-order valence-electron chi connectivity index (χ1n) is 5.68. The van der Waals surface area contributed by atoms with Crippen LogP contribution < -0.4 is 16.2 Å². The number of fused-ring (bicyclic) bond motifs is 1. The van der Waals surface area contributed by atoms with Gasteiger partial charge in [0.25, 0.3) is 5.56 Å². The summed E-state index contributed by atoms with van der Waals surface area (Å²) in [6.07, 6.45) is 4.01. The fraction of sp³-hybridized carbons (Fsp3) is 0.364. The summed E-state index contributed by atoms with van der Waals surface area (Å²) in [5, 5.41) is 7.32. The Morgan fingerprint density at radius 1 is 1.56 bits per heavy atom. The molecule has 0 aliphatic rings. The first kappa shape index (κ1) is 12.6. The summed E-state index contributed by atoms with van der Waals surface area (Å²) in [7, 11) is 0. The molecular weight excluding hydrogens is 252 g/mol. The zero-order chi connectivity index (χ0) is 13.0. The van der Waals surface area contributed by atoms with Gasteiger partial charge in [-0.3, -0.25) is 14.0 Å². The third-order valence-corrected chi connectivity index (χ3v) is 3.13. The average molecular weight is 266 g/mol. The molecule has 2 aromatic heterocycles. The quantitative estimate of drug-likeness (QED) is 0.835. The monoisotopic (exact) mass is 266 g/mol. The second-order valence-electron chi connectivity index (χ2n) is 3.74. The summed E-state index contributed by atoms with van der Waals surface area (Å²) in [5.74, 6) is -0.133. The van der Waals surface area contributed by atoms with Crippen molar-refractivity contribution in [2.24, 2.45) is 0 Å². The highest BCUT2D eigenvalue weighted by Gasteiger charge is 2.06. The van der Waals surface area contributed by atoms with Gasteiger partial charge in [-0.25, -0.2) is 4.98 Å². The summed E-state index contributed by atoms with van der Waals surface area (Å²) >= 11 is 1.39. The average Bonchev–Trinajstić information content (AvgIpc) is 2.84. The van der Waals surface area contributed by atoms with Crippen LogP contribution in [0.4, 0.5) is 5.69 Å². The number of amides is 1. The Bertz CT molecular complexity index is 604. The molecule has 0 aliphatic heterocycles. The second-order valence-corrected chi connectivity index (χ2v) is 4.61. The van der Waals surface area contributed by atoms with E-state index in [9.17, 15) is 9.59 Å². The van der Waals surface area contributed by atoms with E-state index in [-0.39, 0.29) is 18.0 Å². The standard InChI is InChI=1S/C11H14N4O2S/c1-2-3-12-9(16)7-13-8-6-14-11-15(10(8)17)4-5-18-11/h4-6,13H,2-3,7H2,1H3,(H,12,16). The molecule has 0 atom stereocenters. The molecule has 2 aromatic rings. The van der Waals surface area contributed by atoms with E-state index in [0.717, 1.165) is 6.42 Å². The molecule has 0 saturated carbocycles. The molecule has 0 aliphatic carbocycles. The van der Waals surface area contributed by atoms with Gasteiger partial charge in [-0.15, -0.1) is 11.3 Å². The molecule has 0 aromatic carbocycles. The zero-order valence-corrected chi connectivity index (χ0v) is 10.8. The lowest BCUT2D eigenvalue weighted by Crippen LogP contribution is -2.32. The van der Waals surface area contributed by atoms with Crippen LogP contribution >= 0.6 is 11.3 Å². The maximum Gasteiger partial charge on any atom is 0.281 e. The Morgan fingerprint density at radius 3 is 3.17 bits per heavy atom. The van der Waals surface area contributed by atoms with Crippen molar-refractivity contribution in [3.8, 4) is 0 Å². The van der Waals surface area contributed by atoms with E-state index in [2.05, 4.69) is 15.6 Å². The number of anilines is 1. The maximum atomic E-state index is 12.0.